The third-order valence-electron chi connectivity index (χ3n) is 7.12. The van der Waals surface area contributed by atoms with Crippen LogP contribution in [0.3, 0.4) is 0 Å². The van der Waals surface area contributed by atoms with E-state index in [2.05, 4.69) is 26.1 Å². The third-order valence-corrected chi connectivity index (χ3v) is 7.32. The Hall–Kier alpha value is -3.88. The summed E-state index contributed by atoms with van der Waals surface area (Å²) in [4.78, 5) is 32.6. The molecule has 2 N–H and O–H groups in total. The largest absolute Gasteiger partial charge is 0.496 e. The first kappa shape index (κ1) is 31.1. The summed E-state index contributed by atoms with van der Waals surface area (Å²) < 4.78 is 36.1. The van der Waals surface area contributed by atoms with Gasteiger partial charge in [0.25, 0.3) is 11.6 Å². The molecule has 11 heteroatoms. The monoisotopic (exact) mass is 596 g/mol. The van der Waals surface area contributed by atoms with Crippen LogP contribution < -0.4 is 10.1 Å². The van der Waals surface area contributed by atoms with E-state index < -0.39 is 12.2 Å². The smallest absolute Gasteiger partial charge is 0.302 e. The number of aryl methyl sites for hydroxylation is 1. The van der Waals surface area contributed by atoms with E-state index in [0.29, 0.717) is 25.1 Å². The summed E-state index contributed by atoms with van der Waals surface area (Å²) in [5, 5.41) is 3.82. The predicted octanol–water partition coefficient (Wildman–Crippen LogP) is 5.67. The molecule has 0 spiro atoms. The zero-order valence-corrected chi connectivity index (χ0v) is 25.2. The van der Waals surface area contributed by atoms with E-state index >= 15 is 0 Å². The van der Waals surface area contributed by atoms with Gasteiger partial charge in [-0.05, 0) is 42.7 Å². The molecule has 0 aliphatic carbocycles. The Morgan fingerprint density at radius 2 is 1.88 bits per heavy atom. The van der Waals surface area contributed by atoms with Gasteiger partial charge in [-0.3, -0.25) is 9.59 Å². The second-order valence-corrected chi connectivity index (χ2v) is 11.0. The number of ether oxygens (including phenoxy) is 2. The molecule has 0 radical (unpaired) electrons. The number of H-pyrrole nitrogens is 1. The fourth-order valence-electron chi connectivity index (χ4n) is 4.85. The first-order valence-electron chi connectivity index (χ1n) is 13.5. The van der Waals surface area contributed by atoms with Crippen molar-refractivity contribution in [2.75, 3.05) is 33.9 Å². The molecule has 1 aliphatic heterocycles. The number of aromatic nitrogens is 2. The Kier molecular flexibility index (Phi) is 9.91. The van der Waals surface area contributed by atoms with Gasteiger partial charge in [0.05, 0.1) is 20.8 Å². The predicted molar refractivity (Wildman–Crippen MR) is 163 cm³/mol. The minimum Gasteiger partial charge on any atom is -0.496 e. The second-order valence-electron chi connectivity index (χ2n) is 10.1. The number of pyridine rings is 1. The van der Waals surface area contributed by atoms with Crippen molar-refractivity contribution in [3.05, 3.63) is 72.1 Å². The highest BCUT2D eigenvalue weighted by atomic mass is 31.0. The number of aromatic amines is 1. The molecule has 5 rings (SSSR count). The van der Waals surface area contributed by atoms with Gasteiger partial charge in [0, 0.05) is 66.1 Å². The summed E-state index contributed by atoms with van der Waals surface area (Å²) in [6, 6.07) is 15.6. The number of hydrogen-bond donors (Lipinski definition) is 2. The normalized spacial score (nSPS) is 14.8. The minimum absolute atomic E-state index is 0.0910. The lowest BCUT2D eigenvalue weighted by atomic mass is 9.98. The Morgan fingerprint density at radius 3 is 2.57 bits per heavy atom. The van der Waals surface area contributed by atoms with Crippen LogP contribution in [0.4, 0.5) is 8.78 Å². The van der Waals surface area contributed by atoms with Gasteiger partial charge < -0.3 is 24.7 Å². The molecule has 0 bridgehead atoms. The summed E-state index contributed by atoms with van der Waals surface area (Å²) >= 11 is 0. The van der Waals surface area contributed by atoms with Crippen LogP contribution in [-0.2, 0) is 9.53 Å². The van der Waals surface area contributed by atoms with Crippen LogP contribution in [0.5, 0.6) is 5.75 Å². The number of esters is 1. The molecule has 2 atom stereocenters. The lowest BCUT2D eigenvalue weighted by Gasteiger charge is -2.20. The first-order valence-corrected chi connectivity index (χ1v) is 14.0. The zero-order chi connectivity index (χ0) is 30.4. The summed E-state index contributed by atoms with van der Waals surface area (Å²) in [6.45, 7) is 3.78. The number of benzene rings is 2. The molecular weight excluding hydrogens is 561 g/mol. The highest BCUT2D eigenvalue weighted by Crippen LogP contribution is 2.36. The number of likely N-dealkylation sites (tertiary alicyclic amines) is 1. The first-order chi connectivity index (χ1) is 20.0. The molecule has 0 saturated carbocycles. The molecule has 2 aromatic carbocycles. The topological polar surface area (TPSA) is 96.5 Å². The number of methoxy groups -OCH3 is 2. The number of nitrogens with zero attached hydrogens (tertiary/aromatic N) is 2. The maximum atomic E-state index is 13.4. The van der Waals surface area contributed by atoms with Gasteiger partial charge in [-0.2, -0.15) is 0 Å². The molecule has 2 unspecified atom stereocenters. The van der Waals surface area contributed by atoms with Gasteiger partial charge in [0.15, 0.2) is 0 Å². The van der Waals surface area contributed by atoms with Crippen molar-refractivity contribution in [1.29, 1.82) is 0 Å². The number of hydrogen-bond acceptors (Lipinski definition) is 6. The van der Waals surface area contributed by atoms with E-state index in [9.17, 15) is 18.4 Å². The van der Waals surface area contributed by atoms with Gasteiger partial charge in [-0.1, -0.05) is 39.6 Å². The summed E-state index contributed by atoms with van der Waals surface area (Å²) in [6.07, 6.45) is 4.36. The van der Waals surface area contributed by atoms with Crippen molar-refractivity contribution in [3.63, 3.8) is 0 Å². The number of carbonyl (C=O) groups excluding carboxylic acids is 2. The molecule has 222 valence electrons. The SMILES string of the molecule is COC(C)=O.COc1ccccc1-c1c[nH]c2ncc(-c3ccc(C)c(C(=O)N4CCC(NCC(F)(F)P)C4)c3)cc12. The van der Waals surface area contributed by atoms with Gasteiger partial charge in [0.2, 0.25) is 0 Å². The van der Waals surface area contributed by atoms with Gasteiger partial charge >= 0.3 is 5.97 Å². The van der Waals surface area contributed by atoms with E-state index in [4.69, 9.17) is 4.74 Å². The maximum Gasteiger partial charge on any atom is 0.302 e. The van der Waals surface area contributed by atoms with Crippen LogP contribution >= 0.6 is 9.24 Å². The molecule has 42 heavy (non-hydrogen) atoms. The molecule has 3 heterocycles. The van der Waals surface area contributed by atoms with E-state index in [1.54, 1.807) is 27.4 Å². The average molecular weight is 597 g/mol. The van der Waals surface area contributed by atoms with Crippen LogP contribution in [0.25, 0.3) is 33.3 Å². The van der Waals surface area contributed by atoms with Crippen LogP contribution in [0, 0.1) is 6.92 Å². The van der Waals surface area contributed by atoms with E-state index in [-0.39, 0.29) is 17.9 Å². The Balaban J connectivity index is 0.000000748. The molecule has 1 amide bonds. The quantitative estimate of drug-likeness (QED) is 0.211. The summed E-state index contributed by atoms with van der Waals surface area (Å²) in [5.74, 6) is 0.438. The van der Waals surface area contributed by atoms with Crippen molar-refractivity contribution >= 4 is 32.1 Å². The third kappa shape index (κ3) is 7.49. The number of para-hydroxylation sites is 1. The van der Waals surface area contributed by atoms with Crippen LogP contribution in [0.2, 0.25) is 0 Å². The van der Waals surface area contributed by atoms with Crippen molar-refractivity contribution < 1.29 is 27.8 Å². The number of alkyl halides is 2. The molecule has 1 fully saturated rings. The van der Waals surface area contributed by atoms with Crippen molar-refractivity contribution in [2.45, 2.75) is 32.0 Å². The lowest BCUT2D eigenvalue weighted by molar-refractivity contribution is -0.137. The average Bonchev–Trinajstić information content (AvgIpc) is 3.63. The standard InChI is InChI=1S/C28H29F2N4O2P.C3H6O2/c1-17-7-8-18(11-22(17)27(35)34-10-9-20(15-34)33-16-28(29,30)37)19-12-23-24(14-32-26(23)31-13-19)21-5-3-4-6-25(21)36-2;1-3(4)5-2/h3-8,11-14,20,33H,9-10,15-16,37H2,1-2H3,(H,31,32);1-2H3. The fraction of sp³-hybridized carbons (Fsp3) is 0.323. The number of halogens is 2. The van der Waals surface area contributed by atoms with E-state index in [1.165, 1.54) is 14.0 Å². The highest BCUT2D eigenvalue weighted by Gasteiger charge is 2.30. The fourth-order valence-corrected chi connectivity index (χ4v) is 4.96. The Labute approximate surface area is 246 Å². The minimum atomic E-state index is -2.86. The van der Waals surface area contributed by atoms with Crippen molar-refractivity contribution in [3.8, 4) is 28.0 Å². The maximum absolute atomic E-state index is 13.4. The van der Waals surface area contributed by atoms with Crippen LogP contribution in [-0.4, -0.2) is 72.3 Å². The number of carbonyl (C=O) groups is 2. The number of amides is 1. The number of nitrogens with one attached hydrogen (secondary N) is 2. The lowest BCUT2D eigenvalue weighted by Crippen LogP contribution is -2.39. The van der Waals surface area contributed by atoms with E-state index in [0.717, 1.165) is 44.6 Å². The zero-order valence-electron chi connectivity index (χ0n) is 24.0. The highest BCUT2D eigenvalue weighted by molar-refractivity contribution is 7.18. The van der Waals surface area contributed by atoms with Gasteiger partial charge in [-0.15, -0.1) is 0 Å². The number of fused-ring (bicyclic) bond motifs is 1. The number of rotatable bonds is 7. The Morgan fingerprint density at radius 1 is 1.14 bits per heavy atom. The van der Waals surface area contributed by atoms with Gasteiger partial charge in [0.1, 0.15) is 11.4 Å². The van der Waals surface area contributed by atoms with Crippen molar-refractivity contribution in [1.82, 2.24) is 20.2 Å². The molecule has 8 nitrogen and oxygen atoms in total. The van der Waals surface area contributed by atoms with Gasteiger partial charge in [-0.25, -0.2) is 13.8 Å². The molecule has 1 saturated heterocycles. The molecule has 4 aromatic rings. The summed E-state index contributed by atoms with van der Waals surface area (Å²) in [5.41, 5.74) is 3.10. The molecule has 2 aromatic heterocycles. The van der Waals surface area contributed by atoms with Crippen LogP contribution in [0.1, 0.15) is 29.3 Å². The van der Waals surface area contributed by atoms with E-state index in [1.807, 2.05) is 55.6 Å². The van der Waals surface area contributed by atoms with Crippen LogP contribution in [0.15, 0.2) is 60.9 Å². The Bertz CT molecular complexity index is 1570. The molecule has 1 aliphatic rings. The summed E-state index contributed by atoms with van der Waals surface area (Å²) in [7, 11) is 4.54. The molecular formula is C31H35F2N4O4P. The second kappa shape index (κ2) is 13.4. The van der Waals surface area contributed by atoms with Crippen molar-refractivity contribution in [2.24, 2.45) is 0 Å².